The van der Waals surface area contributed by atoms with E-state index < -0.39 is 15.8 Å². The molecule has 0 saturated carbocycles. The van der Waals surface area contributed by atoms with Crippen molar-refractivity contribution in [2.24, 2.45) is 0 Å². The summed E-state index contributed by atoms with van der Waals surface area (Å²) >= 11 is 0. The van der Waals surface area contributed by atoms with Crippen LogP contribution in [0, 0.1) is 5.82 Å². The van der Waals surface area contributed by atoms with Crippen LogP contribution in [0.3, 0.4) is 0 Å². The topological polar surface area (TPSA) is 64.6 Å². The van der Waals surface area contributed by atoms with Crippen molar-refractivity contribution in [3.05, 3.63) is 24.0 Å². The molecule has 1 aromatic carbocycles. The zero-order valence-corrected chi connectivity index (χ0v) is 11.4. The van der Waals surface area contributed by atoms with E-state index in [9.17, 15) is 12.8 Å². The van der Waals surface area contributed by atoms with Crippen LogP contribution in [0.2, 0.25) is 0 Å². The van der Waals surface area contributed by atoms with Crippen molar-refractivity contribution in [3.63, 3.8) is 0 Å². The van der Waals surface area contributed by atoms with Gasteiger partial charge in [-0.25, -0.2) is 17.5 Å². The van der Waals surface area contributed by atoms with E-state index in [-0.39, 0.29) is 23.3 Å². The zero-order valence-electron chi connectivity index (χ0n) is 10.6. The first-order valence-electron chi connectivity index (χ1n) is 5.98. The number of nitrogens with one attached hydrogen (secondary N) is 1. The second kappa shape index (κ2) is 5.85. The van der Waals surface area contributed by atoms with Gasteiger partial charge in [-0.15, -0.1) is 0 Å². The average Bonchev–Trinajstić information content (AvgIpc) is 2.89. The molecule has 5 nitrogen and oxygen atoms in total. The molecular weight excluding hydrogens is 273 g/mol. The second-order valence-electron chi connectivity index (χ2n) is 4.28. The fourth-order valence-corrected chi connectivity index (χ4v) is 3.19. The highest BCUT2D eigenvalue weighted by Gasteiger charge is 2.23. The number of hydrogen-bond acceptors (Lipinski definition) is 4. The van der Waals surface area contributed by atoms with Crippen LogP contribution in [0.15, 0.2) is 23.1 Å². The van der Waals surface area contributed by atoms with Crippen LogP contribution in [0.4, 0.5) is 4.39 Å². The van der Waals surface area contributed by atoms with Crippen LogP contribution in [-0.2, 0) is 14.8 Å². The smallest absolute Gasteiger partial charge is 0.244 e. The lowest BCUT2D eigenvalue weighted by Gasteiger charge is -2.13. The van der Waals surface area contributed by atoms with Gasteiger partial charge in [0.1, 0.15) is 16.5 Å². The fourth-order valence-electron chi connectivity index (χ4n) is 1.95. The van der Waals surface area contributed by atoms with Gasteiger partial charge in [0.05, 0.1) is 13.2 Å². The highest BCUT2D eigenvalue weighted by atomic mass is 32.2. The van der Waals surface area contributed by atoms with Crippen molar-refractivity contribution >= 4 is 10.0 Å². The second-order valence-corrected chi connectivity index (χ2v) is 6.02. The third kappa shape index (κ3) is 3.43. The predicted octanol–water partition coefficient (Wildman–Crippen LogP) is 1.29. The highest BCUT2D eigenvalue weighted by Crippen LogP contribution is 2.24. The lowest BCUT2D eigenvalue weighted by Crippen LogP contribution is -2.32. The Morgan fingerprint density at radius 2 is 2.32 bits per heavy atom. The quantitative estimate of drug-likeness (QED) is 0.887. The minimum atomic E-state index is -3.81. The van der Waals surface area contributed by atoms with Gasteiger partial charge in [-0.1, -0.05) is 0 Å². The van der Waals surface area contributed by atoms with E-state index >= 15 is 0 Å². The van der Waals surface area contributed by atoms with Crippen molar-refractivity contribution < 1.29 is 22.3 Å². The molecule has 1 aromatic rings. The lowest BCUT2D eigenvalue weighted by atomic mass is 10.2. The molecule has 0 unspecified atom stereocenters. The number of ether oxygens (including phenoxy) is 2. The van der Waals surface area contributed by atoms with Crippen molar-refractivity contribution in [3.8, 4) is 5.75 Å². The van der Waals surface area contributed by atoms with E-state index in [1.807, 2.05) is 0 Å². The molecule has 0 aliphatic carbocycles. The Labute approximate surface area is 111 Å². The van der Waals surface area contributed by atoms with Gasteiger partial charge in [0.25, 0.3) is 0 Å². The van der Waals surface area contributed by atoms with E-state index in [0.29, 0.717) is 6.61 Å². The van der Waals surface area contributed by atoms with Gasteiger partial charge in [0.2, 0.25) is 10.0 Å². The van der Waals surface area contributed by atoms with Crippen molar-refractivity contribution in [2.45, 2.75) is 23.8 Å². The van der Waals surface area contributed by atoms with Gasteiger partial charge in [0, 0.05) is 13.2 Å². The van der Waals surface area contributed by atoms with E-state index in [1.54, 1.807) is 0 Å². The number of halogens is 1. The first-order valence-corrected chi connectivity index (χ1v) is 7.46. The predicted molar refractivity (Wildman–Crippen MR) is 67.1 cm³/mol. The number of benzene rings is 1. The minimum absolute atomic E-state index is 0.112. The molecule has 1 fully saturated rings. The van der Waals surface area contributed by atoms with Gasteiger partial charge >= 0.3 is 0 Å². The third-order valence-corrected chi connectivity index (χ3v) is 4.38. The third-order valence-electron chi connectivity index (χ3n) is 2.94. The maximum atomic E-state index is 13.2. The summed E-state index contributed by atoms with van der Waals surface area (Å²) in [6.07, 6.45) is 1.63. The Kier molecular flexibility index (Phi) is 4.38. The van der Waals surface area contributed by atoms with Crippen molar-refractivity contribution in [1.82, 2.24) is 4.72 Å². The molecule has 0 radical (unpaired) electrons. The van der Waals surface area contributed by atoms with E-state index in [2.05, 4.69) is 4.72 Å². The molecule has 1 N–H and O–H groups in total. The van der Waals surface area contributed by atoms with Gasteiger partial charge in [-0.05, 0) is 31.0 Å². The monoisotopic (exact) mass is 289 g/mol. The molecule has 0 bridgehead atoms. The summed E-state index contributed by atoms with van der Waals surface area (Å²) in [7, 11) is -2.47. The molecule has 1 aliphatic rings. The van der Waals surface area contributed by atoms with Crippen molar-refractivity contribution in [2.75, 3.05) is 20.3 Å². The summed E-state index contributed by atoms with van der Waals surface area (Å²) in [4.78, 5) is -0.201. The summed E-state index contributed by atoms with van der Waals surface area (Å²) in [5.74, 6) is -0.514. The lowest BCUT2D eigenvalue weighted by molar-refractivity contribution is 0.114. The Bertz CT molecular complexity index is 541. The molecule has 1 heterocycles. The Morgan fingerprint density at radius 1 is 1.53 bits per heavy atom. The molecule has 19 heavy (non-hydrogen) atoms. The van der Waals surface area contributed by atoms with Gasteiger partial charge in [-0.3, -0.25) is 0 Å². The molecule has 0 aromatic heterocycles. The van der Waals surface area contributed by atoms with Crippen LogP contribution in [-0.4, -0.2) is 34.8 Å². The van der Waals surface area contributed by atoms with E-state index in [4.69, 9.17) is 9.47 Å². The molecule has 1 aliphatic heterocycles. The molecule has 7 heteroatoms. The highest BCUT2D eigenvalue weighted by molar-refractivity contribution is 7.89. The number of rotatable bonds is 5. The Balaban J connectivity index is 2.16. The van der Waals surface area contributed by atoms with Crippen LogP contribution in [0.1, 0.15) is 12.8 Å². The van der Waals surface area contributed by atoms with Gasteiger partial charge < -0.3 is 9.47 Å². The average molecular weight is 289 g/mol. The van der Waals surface area contributed by atoms with Gasteiger partial charge in [-0.2, -0.15) is 0 Å². The summed E-state index contributed by atoms with van der Waals surface area (Å²) in [6, 6.07) is 3.38. The summed E-state index contributed by atoms with van der Waals surface area (Å²) in [6.45, 7) is 0.831. The summed E-state index contributed by atoms with van der Waals surface area (Å²) < 4.78 is 50.1. The Hall–Kier alpha value is -1.18. The number of methoxy groups -OCH3 is 1. The van der Waals surface area contributed by atoms with Crippen LogP contribution >= 0.6 is 0 Å². The maximum absolute atomic E-state index is 13.2. The zero-order chi connectivity index (χ0) is 13.9. The summed E-state index contributed by atoms with van der Waals surface area (Å²) in [5, 5.41) is 0. The van der Waals surface area contributed by atoms with Crippen LogP contribution < -0.4 is 9.46 Å². The fraction of sp³-hybridized carbons (Fsp3) is 0.500. The molecule has 1 atom stereocenters. The molecule has 0 amide bonds. The Morgan fingerprint density at radius 3 is 2.95 bits per heavy atom. The minimum Gasteiger partial charge on any atom is -0.495 e. The number of sulfonamides is 1. The standard InChI is InChI=1S/C12H16FNO4S/c1-17-11-5-4-9(13)7-12(11)19(15,16)14-8-10-3-2-6-18-10/h4-5,7,10,14H,2-3,6,8H2,1H3/t10-/m0/s1. The molecule has 2 rings (SSSR count). The summed E-state index contributed by atoms with van der Waals surface area (Å²) in [5.41, 5.74) is 0. The molecular formula is C12H16FNO4S. The largest absolute Gasteiger partial charge is 0.495 e. The number of hydrogen-bond donors (Lipinski definition) is 1. The van der Waals surface area contributed by atoms with E-state index in [1.165, 1.54) is 13.2 Å². The molecule has 1 saturated heterocycles. The van der Waals surface area contributed by atoms with Crippen molar-refractivity contribution in [1.29, 1.82) is 0 Å². The molecule has 106 valence electrons. The van der Waals surface area contributed by atoms with Crippen LogP contribution in [0.5, 0.6) is 5.75 Å². The SMILES string of the molecule is COc1ccc(F)cc1S(=O)(=O)NC[C@@H]1CCCO1. The normalized spacial score (nSPS) is 19.6. The first-order chi connectivity index (χ1) is 9.03. The van der Waals surface area contributed by atoms with Gasteiger partial charge in [0.15, 0.2) is 0 Å². The van der Waals surface area contributed by atoms with Crippen LogP contribution in [0.25, 0.3) is 0 Å². The maximum Gasteiger partial charge on any atom is 0.244 e. The first kappa shape index (κ1) is 14.2. The van der Waals surface area contributed by atoms with E-state index in [0.717, 1.165) is 25.0 Å². The molecule has 0 spiro atoms.